The van der Waals surface area contributed by atoms with Crippen molar-refractivity contribution in [1.29, 1.82) is 0 Å². The Kier molecular flexibility index (Phi) is 4.63. The van der Waals surface area contributed by atoms with Crippen molar-refractivity contribution in [2.45, 2.75) is 33.7 Å². The van der Waals surface area contributed by atoms with Crippen molar-refractivity contribution in [3.63, 3.8) is 0 Å². The standard InChI is InChI=1S/C15H26N2O/c1-11(16)14-12(8-7-9-13(14)18-6)17(5)10-15(2,3)4/h7-9,11H,10,16H2,1-6H3. The van der Waals surface area contributed by atoms with Crippen LogP contribution in [-0.4, -0.2) is 20.7 Å². The molecule has 1 aromatic carbocycles. The smallest absolute Gasteiger partial charge is 0.125 e. The van der Waals surface area contributed by atoms with E-state index in [0.29, 0.717) is 0 Å². The monoisotopic (exact) mass is 250 g/mol. The average Bonchev–Trinajstić information content (AvgIpc) is 2.25. The molecule has 0 amide bonds. The van der Waals surface area contributed by atoms with Gasteiger partial charge in [0, 0.05) is 30.9 Å². The molecule has 0 heterocycles. The van der Waals surface area contributed by atoms with Crippen LogP contribution >= 0.6 is 0 Å². The molecule has 0 saturated carbocycles. The van der Waals surface area contributed by atoms with Crippen LogP contribution in [0.1, 0.15) is 39.3 Å². The minimum Gasteiger partial charge on any atom is -0.496 e. The summed E-state index contributed by atoms with van der Waals surface area (Å²) in [6, 6.07) is 6.04. The van der Waals surface area contributed by atoms with Crippen LogP contribution in [0.25, 0.3) is 0 Å². The van der Waals surface area contributed by atoms with Gasteiger partial charge in [0.25, 0.3) is 0 Å². The molecule has 0 fully saturated rings. The summed E-state index contributed by atoms with van der Waals surface area (Å²) < 4.78 is 5.42. The summed E-state index contributed by atoms with van der Waals surface area (Å²) in [5, 5.41) is 0. The van der Waals surface area contributed by atoms with E-state index in [1.807, 2.05) is 19.1 Å². The number of nitrogens with two attached hydrogens (primary N) is 1. The maximum Gasteiger partial charge on any atom is 0.125 e. The highest BCUT2D eigenvalue weighted by molar-refractivity contribution is 5.60. The first-order valence-corrected chi connectivity index (χ1v) is 6.40. The van der Waals surface area contributed by atoms with Crippen molar-refractivity contribution in [1.82, 2.24) is 0 Å². The Hall–Kier alpha value is -1.22. The molecule has 0 radical (unpaired) electrons. The summed E-state index contributed by atoms with van der Waals surface area (Å²) in [5.41, 5.74) is 8.56. The molecule has 0 aromatic heterocycles. The Morgan fingerprint density at radius 1 is 1.33 bits per heavy atom. The van der Waals surface area contributed by atoms with Gasteiger partial charge in [-0.1, -0.05) is 26.8 Å². The Labute approximate surface area is 111 Å². The Morgan fingerprint density at radius 2 is 1.94 bits per heavy atom. The largest absolute Gasteiger partial charge is 0.496 e. The maximum atomic E-state index is 6.09. The quantitative estimate of drug-likeness (QED) is 0.892. The number of hydrogen-bond donors (Lipinski definition) is 1. The molecule has 0 aliphatic rings. The van der Waals surface area contributed by atoms with Gasteiger partial charge in [0.15, 0.2) is 0 Å². The van der Waals surface area contributed by atoms with Crippen LogP contribution in [0.3, 0.4) is 0 Å². The summed E-state index contributed by atoms with van der Waals surface area (Å²) >= 11 is 0. The first-order chi connectivity index (χ1) is 8.26. The van der Waals surface area contributed by atoms with Crippen molar-refractivity contribution >= 4 is 5.69 Å². The number of benzene rings is 1. The molecule has 18 heavy (non-hydrogen) atoms. The predicted octanol–water partition coefficient (Wildman–Crippen LogP) is 3.20. The van der Waals surface area contributed by atoms with E-state index in [1.165, 1.54) is 0 Å². The third-order valence-electron chi connectivity index (χ3n) is 2.84. The molecule has 1 atom stereocenters. The normalized spacial score (nSPS) is 13.3. The lowest BCUT2D eigenvalue weighted by atomic mass is 9.95. The third kappa shape index (κ3) is 3.64. The van der Waals surface area contributed by atoms with E-state index < -0.39 is 0 Å². The first kappa shape index (κ1) is 14.8. The van der Waals surface area contributed by atoms with Crippen molar-refractivity contribution < 1.29 is 4.74 Å². The van der Waals surface area contributed by atoms with E-state index in [1.54, 1.807) is 7.11 Å². The zero-order chi connectivity index (χ0) is 13.9. The summed E-state index contributed by atoms with van der Waals surface area (Å²) in [4.78, 5) is 2.25. The lowest BCUT2D eigenvalue weighted by Crippen LogP contribution is -2.30. The van der Waals surface area contributed by atoms with Crippen molar-refractivity contribution in [3.8, 4) is 5.75 Å². The number of rotatable bonds is 4. The number of methoxy groups -OCH3 is 1. The molecule has 0 bridgehead atoms. The van der Waals surface area contributed by atoms with E-state index in [2.05, 4.69) is 38.8 Å². The zero-order valence-corrected chi connectivity index (χ0v) is 12.4. The van der Waals surface area contributed by atoms with Crippen molar-refractivity contribution in [2.24, 2.45) is 11.1 Å². The summed E-state index contributed by atoms with van der Waals surface area (Å²) in [5.74, 6) is 0.864. The highest BCUT2D eigenvalue weighted by Crippen LogP contribution is 2.34. The summed E-state index contributed by atoms with van der Waals surface area (Å²) in [6.45, 7) is 9.66. The third-order valence-corrected chi connectivity index (χ3v) is 2.84. The van der Waals surface area contributed by atoms with E-state index in [-0.39, 0.29) is 11.5 Å². The van der Waals surface area contributed by atoms with Gasteiger partial charge in [-0.05, 0) is 24.5 Å². The SMILES string of the molecule is COc1cccc(N(C)CC(C)(C)C)c1C(C)N. The molecule has 1 aromatic rings. The van der Waals surface area contributed by atoms with E-state index in [9.17, 15) is 0 Å². The lowest BCUT2D eigenvalue weighted by Gasteiger charge is -2.31. The van der Waals surface area contributed by atoms with Crippen LogP contribution in [0, 0.1) is 5.41 Å². The maximum absolute atomic E-state index is 6.09. The number of nitrogens with zero attached hydrogens (tertiary/aromatic N) is 1. The fourth-order valence-corrected chi connectivity index (χ4v) is 2.30. The molecule has 0 spiro atoms. The predicted molar refractivity (Wildman–Crippen MR) is 78.3 cm³/mol. The highest BCUT2D eigenvalue weighted by Gasteiger charge is 2.19. The van der Waals surface area contributed by atoms with Gasteiger partial charge < -0.3 is 15.4 Å². The second kappa shape index (κ2) is 5.61. The van der Waals surface area contributed by atoms with Gasteiger partial charge in [0.05, 0.1) is 7.11 Å². The van der Waals surface area contributed by atoms with E-state index in [0.717, 1.165) is 23.5 Å². The Balaban J connectivity index is 3.15. The molecule has 3 nitrogen and oxygen atoms in total. The fourth-order valence-electron chi connectivity index (χ4n) is 2.30. The molecule has 3 heteroatoms. The van der Waals surface area contributed by atoms with Gasteiger partial charge in [0.1, 0.15) is 5.75 Å². The number of hydrogen-bond acceptors (Lipinski definition) is 3. The fraction of sp³-hybridized carbons (Fsp3) is 0.600. The topological polar surface area (TPSA) is 38.5 Å². The summed E-state index contributed by atoms with van der Waals surface area (Å²) in [7, 11) is 3.79. The van der Waals surface area contributed by atoms with E-state index in [4.69, 9.17) is 10.5 Å². The van der Waals surface area contributed by atoms with Crippen LogP contribution in [0.5, 0.6) is 5.75 Å². The molecule has 1 unspecified atom stereocenters. The minimum atomic E-state index is -0.0430. The lowest BCUT2D eigenvalue weighted by molar-refractivity contribution is 0.403. The molecule has 0 aliphatic carbocycles. The molecule has 1 rings (SSSR count). The molecule has 0 aliphatic heterocycles. The molecular weight excluding hydrogens is 224 g/mol. The van der Waals surface area contributed by atoms with Crippen LogP contribution in [0.2, 0.25) is 0 Å². The minimum absolute atomic E-state index is 0.0430. The molecular formula is C15H26N2O. The molecule has 102 valence electrons. The van der Waals surface area contributed by atoms with E-state index >= 15 is 0 Å². The zero-order valence-electron chi connectivity index (χ0n) is 12.4. The summed E-state index contributed by atoms with van der Waals surface area (Å²) in [6.07, 6.45) is 0. The number of anilines is 1. The molecule has 0 saturated heterocycles. The Bertz CT molecular complexity index is 394. The number of ether oxygens (including phenoxy) is 1. The first-order valence-electron chi connectivity index (χ1n) is 6.40. The van der Waals surface area contributed by atoms with Crippen LogP contribution < -0.4 is 15.4 Å². The molecule has 2 N–H and O–H groups in total. The van der Waals surface area contributed by atoms with Gasteiger partial charge in [-0.15, -0.1) is 0 Å². The van der Waals surface area contributed by atoms with Crippen LogP contribution in [0.15, 0.2) is 18.2 Å². The Morgan fingerprint density at radius 3 is 2.39 bits per heavy atom. The van der Waals surface area contributed by atoms with Gasteiger partial charge >= 0.3 is 0 Å². The van der Waals surface area contributed by atoms with Gasteiger partial charge in [0.2, 0.25) is 0 Å². The van der Waals surface area contributed by atoms with Crippen LogP contribution in [0.4, 0.5) is 5.69 Å². The second-order valence-electron chi connectivity index (χ2n) is 6.10. The second-order valence-corrected chi connectivity index (χ2v) is 6.10. The van der Waals surface area contributed by atoms with Gasteiger partial charge in [-0.3, -0.25) is 0 Å². The highest BCUT2D eigenvalue weighted by atomic mass is 16.5. The van der Waals surface area contributed by atoms with Gasteiger partial charge in [-0.2, -0.15) is 0 Å². The van der Waals surface area contributed by atoms with Crippen molar-refractivity contribution in [3.05, 3.63) is 23.8 Å². The van der Waals surface area contributed by atoms with Crippen LogP contribution in [-0.2, 0) is 0 Å². The van der Waals surface area contributed by atoms with Crippen molar-refractivity contribution in [2.75, 3.05) is 25.6 Å². The average molecular weight is 250 g/mol. The van der Waals surface area contributed by atoms with Gasteiger partial charge in [-0.25, -0.2) is 0 Å².